The van der Waals surface area contributed by atoms with Crippen LogP contribution in [0.15, 0.2) is 24.3 Å². The third-order valence-electron chi connectivity index (χ3n) is 5.55. The highest BCUT2D eigenvalue weighted by molar-refractivity contribution is 5.74. The van der Waals surface area contributed by atoms with Crippen molar-refractivity contribution in [2.75, 3.05) is 19.6 Å². The molecule has 2 N–H and O–H groups in total. The topological polar surface area (TPSA) is 55.8 Å². The van der Waals surface area contributed by atoms with Gasteiger partial charge in [0.25, 0.3) is 0 Å². The molecule has 2 fully saturated rings. The van der Waals surface area contributed by atoms with Crippen LogP contribution in [0.4, 0.5) is 4.79 Å². The molecule has 2 aliphatic rings. The summed E-state index contributed by atoms with van der Waals surface area (Å²) in [5.41, 5.74) is 2.41. The zero-order valence-corrected chi connectivity index (χ0v) is 15.3. The number of carbonyl (C=O) groups is 1. The van der Waals surface area contributed by atoms with Gasteiger partial charge >= 0.3 is 6.03 Å². The molecule has 25 heavy (non-hydrogen) atoms. The molecule has 2 aliphatic heterocycles. The number of piperidine rings is 1. The molecule has 0 radical (unpaired) electrons. The Bertz CT molecular complexity index is 578. The number of amides is 2. The zero-order chi connectivity index (χ0) is 17.6. The van der Waals surface area contributed by atoms with Crippen LogP contribution in [0.3, 0.4) is 0 Å². The first-order chi connectivity index (χ1) is 12.2. The number of hydrogen-bond donors (Lipinski definition) is 2. The summed E-state index contributed by atoms with van der Waals surface area (Å²) in [6, 6.07) is 8.75. The van der Waals surface area contributed by atoms with Gasteiger partial charge in [0.05, 0.1) is 6.10 Å². The van der Waals surface area contributed by atoms with Gasteiger partial charge in [-0.1, -0.05) is 31.2 Å². The van der Waals surface area contributed by atoms with E-state index in [1.165, 1.54) is 17.5 Å². The molecule has 0 bridgehead atoms. The Balaban J connectivity index is 1.58. The first-order valence-electron chi connectivity index (χ1n) is 9.69. The minimum atomic E-state index is -0.197. The van der Waals surface area contributed by atoms with Crippen LogP contribution < -0.4 is 5.32 Å². The summed E-state index contributed by atoms with van der Waals surface area (Å²) < 4.78 is 0. The van der Waals surface area contributed by atoms with Crippen molar-refractivity contribution >= 4 is 6.03 Å². The van der Waals surface area contributed by atoms with E-state index >= 15 is 0 Å². The van der Waals surface area contributed by atoms with Crippen LogP contribution in [0.2, 0.25) is 0 Å². The van der Waals surface area contributed by atoms with E-state index in [1.807, 2.05) is 17.0 Å². The standard InChI is InChI=1S/C20H31N3O2/c1-2-18-9-5-6-11-23(18)20(25)21-13-16-7-3-4-8-17(16)14-22-12-10-19(24)15-22/h3-4,7-8,18-19,24H,2,5-6,9-15H2,1H3,(H,21,25)/t18-,19+/m0/s1. The molecule has 2 saturated heterocycles. The lowest BCUT2D eigenvalue weighted by molar-refractivity contribution is 0.148. The lowest BCUT2D eigenvalue weighted by Gasteiger charge is -2.35. The molecule has 2 atom stereocenters. The Labute approximate surface area is 151 Å². The number of rotatable bonds is 5. The number of hydrogen-bond acceptors (Lipinski definition) is 3. The summed E-state index contributed by atoms with van der Waals surface area (Å²) >= 11 is 0. The van der Waals surface area contributed by atoms with Gasteiger partial charge in [0.15, 0.2) is 0 Å². The van der Waals surface area contributed by atoms with Crippen molar-refractivity contribution in [3.8, 4) is 0 Å². The van der Waals surface area contributed by atoms with Crippen LogP contribution >= 0.6 is 0 Å². The summed E-state index contributed by atoms with van der Waals surface area (Å²) in [5.74, 6) is 0. The van der Waals surface area contributed by atoms with Crippen molar-refractivity contribution in [1.82, 2.24) is 15.1 Å². The van der Waals surface area contributed by atoms with Crippen LogP contribution in [-0.4, -0.2) is 52.7 Å². The normalized spacial score (nSPS) is 24.5. The van der Waals surface area contributed by atoms with Gasteiger partial charge in [-0.3, -0.25) is 4.90 Å². The van der Waals surface area contributed by atoms with E-state index in [0.29, 0.717) is 12.6 Å². The van der Waals surface area contributed by atoms with Crippen LogP contribution in [-0.2, 0) is 13.1 Å². The number of carbonyl (C=O) groups excluding carboxylic acids is 1. The summed E-state index contributed by atoms with van der Waals surface area (Å²) in [6.45, 7) is 6.12. The third-order valence-corrected chi connectivity index (χ3v) is 5.55. The highest BCUT2D eigenvalue weighted by Gasteiger charge is 2.25. The quantitative estimate of drug-likeness (QED) is 0.863. The van der Waals surface area contributed by atoms with Crippen LogP contribution in [0.25, 0.3) is 0 Å². The monoisotopic (exact) mass is 345 g/mol. The second-order valence-electron chi connectivity index (χ2n) is 7.36. The molecular weight excluding hydrogens is 314 g/mol. The summed E-state index contributed by atoms with van der Waals surface area (Å²) in [4.78, 5) is 16.9. The Hall–Kier alpha value is -1.59. The van der Waals surface area contributed by atoms with E-state index in [-0.39, 0.29) is 12.1 Å². The number of aliphatic hydroxyl groups is 1. The maximum absolute atomic E-state index is 12.6. The van der Waals surface area contributed by atoms with Crippen molar-refractivity contribution in [2.45, 2.75) is 64.3 Å². The molecule has 0 saturated carbocycles. The van der Waals surface area contributed by atoms with Gasteiger partial charge < -0.3 is 15.3 Å². The highest BCUT2D eigenvalue weighted by atomic mass is 16.3. The van der Waals surface area contributed by atoms with Crippen molar-refractivity contribution in [3.05, 3.63) is 35.4 Å². The lowest BCUT2D eigenvalue weighted by atomic mass is 10.0. The number of β-amino-alcohol motifs (C(OH)–C–C–N with tert-alkyl or cyclic N) is 1. The van der Waals surface area contributed by atoms with Gasteiger partial charge in [0.2, 0.25) is 0 Å². The molecule has 2 heterocycles. The fourth-order valence-corrected chi connectivity index (χ4v) is 4.05. The van der Waals surface area contributed by atoms with E-state index in [4.69, 9.17) is 0 Å². The third kappa shape index (κ3) is 4.73. The summed E-state index contributed by atoms with van der Waals surface area (Å²) in [5, 5.41) is 12.8. The van der Waals surface area contributed by atoms with Crippen LogP contribution in [0.5, 0.6) is 0 Å². The zero-order valence-electron chi connectivity index (χ0n) is 15.3. The Kier molecular flexibility index (Phi) is 6.32. The van der Waals surface area contributed by atoms with Crippen molar-refractivity contribution < 1.29 is 9.90 Å². The first-order valence-corrected chi connectivity index (χ1v) is 9.69. The fraction of sp³-hybridized carbons (Fsp3) is 0.650. The predicted molar refractivity (Wildman–Crippen MR) is 99.2 cm³/mol. The van der Waals surface area contributed by atoms with E-state index in [9.17, 15) is 9.90 Å². The van der Waals surface area contributed by atoms with Gasteiger partial charge in [0, 0.05) is 38.8 Å². The number of urea groups is 1. The van der Waals surface area contributed by atoms with Gasteiger partial charge in [-0.2, -0.15) is 0 Å². The van der Waals surface area contributed by atoms with E-state index in [0.717, 1.165) is 51.9 Å². The van der Waals surface area contributed by atoms with E-state index in [1.54, 1.807) is 0 Å². The largest absolute Gasteiger partial charge is 0.392 e. The Morgan fingerprint density at radius 3 is 2.72 bits per heavy atom. The molecule has 0 aromatic heterocycles. The first kappa shape index (κ1) is 18.2. The molecule has 1 aromatic carbocycles. The minimum Gasteiger partial charge on any atom is -0.392 e. The Morgan fingerprint density at radius 2 is 2.00 bits per heavy atom. The molecule has 2 amide bonds. The van der Waals surface area contributed by atoms with E-state index < -0.39 is 0 Å². The second kappa shape index (κ2) is 8.68. The SMILES string of the molecule is CC[C@H]1CCCCN1C(=O)NCc1ccccc1CN1CC[C@@H](O)C1. The molecular formula is C20H31N3O2. The molecule has 5 heteroatoms. The summed E-state index contributed by atoms with van der Waals surface area (Å²) in [6.07, 6.45) is 5.15. The maximum Gasteiger partial charge on any atom is 0.317 e. The van der Waals surface area contributed by atoms with E-state index in [2.05, 4.69) is 29.3 Å². The smallest absolute Gasteiger partial charge is 0.317 e. The minimum absolute atomic E-state index is 0.0675. The van der Waals surface area contributed by atoms with Crippen LogP contribution in [0, 0.1) is 0 Å². The van der Waals surface area contributed by atoms with Gasteiger partial charge in [-0.05, 0) is 43.2 Å². The average Bonchev–Trinajstić information content (AvgIpc) is 3.05. The molecule has 1 aromatic rings. The molecule has 0 unspecified atom stereocenters. The molecule has 138 valence electrons. The van der Waals surface area contributed by atoms with Gasteiger partial charge in [-0.15, -0.1) is 0 Å². The molecule has 3 rings (SSSR count). The fourth-order valence-electron chi connectivity index (χ4n) is 4.05. The number of likely N-dealkylation sites (tertiary alicyclic amines) is 2. The number of nitrogens with one attached hydrogen (secondary N) is 1. The van der Waals surface area contributed by atoms with Gasteiger partial charge in [-0.25, -0.2) is 4.79 Å². The molecule has 0 aliphatic carbocycles. The highest BCUT2D eigenvalue weighted by Crippen LogP contribution is 2.20. The number of benzene rings is 1. The molecule has 0 spiro atoms. The van der Waals surface area contributed by atoms with Crippen molar-refractivity contribution in [2.24, 2.45) is 0 Å². The van der Waals surface area contributed by atoms with Crippen LogP contribution in [0.1, 0.15) is 50.2 Å². The Morgan fingerprint density at radius 1 is 1.20 bits per heavy atom. The van der Waals surface area contributed by atoms with Crippen molar-refractivity contribution in [3.63, 3.8) is 0 Å². The molecule has 5 nitrogen and oxygen atoms in total. The predicted octanol–water partition coefficient (Wildman–Crippen LogP) is 2.73. The number of nitrogens with zero attached hydrogens (tertiary/aromatic N) is 2. The lowest BCUT2D eigenvalue weighted by Crippen LogP contribution is -2.48. The maximum atomic E-state index is 12.6. The van der Waals surface area contributed by atoms with Gasteiger partial charge in [0.1, 0.15) is 0 Å². The summed E-state index contributed by atoms with van der Waals surface area (Å²) in [7, 11) is 0. The number of aliphatic hydroxyl groups excluding tert-OH is 1. The average molecular weight is 345 g/mol. The second-order valence-corrected chi connectivity index (χ2v) is 7.36. The van der Waals surface area contributed by atoms with Crippen molar-refractivity contribution in [1.29, 1.82) is 0 Å².